The van der Waals surface area contributed by atoms with Crippen molar-refractivity contribution in [2.45, 2.75) is 20.3 Å². The van der Waals surface area contributed by atoms with Crippen LogP contribution in [-0.4, -0.2) is 78.1 Å². The van der Waals surface area contributed by atoms with Gasteiger partial charge in [0.15, 0.2) is 5.65 Å². The summed E-state index contributed by atoms with van der Waals surface area (Å²) in [7, 11) is 5.56. The number of aryl methyl sites for hydroxylation is 1. The number of amides is 1. The van der Waals surface area contributed by atoms with Crippen LogP contribution in [0.3, 0.4) is 0 Å². The third-order valence-electron chi connectivity index (χ3n) is 6.37. The molecule has 2 heterocycles. The molecule has 0 saturated heterocycles. The Kier molecular flexibility index (Phi) is 9.47. The lowest BCUT2D eigenvalue weighted by Gasteiger charge is -2.22. The molecule has 10 nitrogen and oxygen atoms in total. The summed E-state index contributed by atoms with van der Waals surface area (Å²) in [5.41, 5.74) is 10.8. The molecule has 4 aromatic rings. The third-order valence-corrected chi connectivity index (χ3v) is 6.37. The molecule has 0 atom stereocenters. The number of hydrogen-bond donors (Lipinski definition) is 1. The second kappa shape index (κ2) is 13.2. The molecule has 2 N–H and O–H groups in total. The molecule has 2 aromatic heterocycles. The molecule has 40 heavy (non-hydrogen) atoms. The minimum absolute atomic E-state index is 0.122. The summed E-state index contributed by atoms with van der Waals surface area (Å²) < 4.78 is 13.0. The van der Waals surface area contributed by atoms with Crippen molar-refractivity contribution in [1.29, 1.82) is 0 Å². The van der Waals surface area contributed by atoms with Crippen LogP contribution in [0.4, 0.5) is 11.5 Å². The zero-order valence-corrected chi connectivity index (χ0v) is 23.8. The normalized spacial score (nSPS) is 11.6. The van der Waals surface area contributed by atoms with Crippen LogP contribution in [0.15, 0.2) is 60.9 Å². The van der Waals surface area contributed by atoms with Gasteiger partial charge in [-0.3, -0.25) is 4.79 Å². The van der Waals surface area contributed by atoms with Crippen molar-refractivity contribution in [2.24, 2.45) is 0 Å². The summed E-state index contributed by atoms with van der Waals surface area (Å²) in [5, 5.41) is 5.57. The van der Waals surface area contributed by atoms with Crippen LogP contribution in [0.5, 0.6) is 5.75 Å². The first-order valence-electron chi connectivity index (χ1n) is 13.3. The fraction of sp³-hybridized carbons (Fsp3) is 0.333. The first kappa shape index (κ1) is 28.7. The van der Waals surface area contributed by atoms with E-state index in [0.717, 1.165) is 34.7 Å². The smallest absolute Gasteiger partial charge is 0.250 e. The van der Waals surface area contributed by atoms with Crippen LogP contribution in [-0.2, 0) is 9.53 Å². The van der Waals surface area contributed by atoms with Gasteiger partial charge in [0.05, 0.1) is 24.8 Å². The van der Waals surface area contributed by atoms with Crippen LogP contribution >= 0.6 is 0 Å². The predicted molar refractivity (Wildman–Crippen MR) is 159 cm³/mol. The topological polar surface area (TPSA) is 112 Å². The number of likely N-dealkylation sites (N-methyl/N-ethyl adjacent to an activating group) is 1. The average molecular weight is 544 g/mol. The zero-order chi connectivity index (χ0) is 28.6. The molecule has 0 aliphatic carbocycles. The predicted octanol–water partition coefficient (Wildman–Crippen LogP) is 4.26. The second-order valence-electron chi connectivity index (χ2n) is 9.69. The van der Waals surface area contributed by atoms with Gasteiger partial charge in [0.2, 0.25) is 0 Å². The number of aromatic nitrogens is 4. The van der Waals surface area contributed by atoms with Crippen molar-refractivity contribution >= 4 is 28.4 Å². The molecule has 0 bridgehead atoms. The van der Waals surface area contributed by atoms with E-state index in [2.05, 4.69) is 16.9 Å². The van der Waals surface area contributed by atoms with E-state index in [1.54, 1.807) is 22.8 Å². The molecule has 0 aliphatic rings. The van der Waals surface area contributed by atoms with Gasteiger partial charge in [-0.05, 0) is 57.3 Å². The minimum atomic E-state index is -0.122. The quantitative estimate of drug-likeness (QED) is 0.208. The summed E-state index contributed by atoms with van der Waals surface area (Å²) in [4.78, 5) is 25.7. The minimum Gasteiger partial charge on any atom is -0.496 e. The zero-order valence-electron chi connectivity index (χ0n) is 23.8. The maximum Gasteiger partial charge on any atom is 0.250 e. The Morgan fingerprint density at radius 1 is 1.12 bits per heavy atom. The van der Waals surface area contributed by atoms with Crippen molar-refractivity contribution in [3.63, 3.8) is 0 Å². The molecule has 10 heteroatoms. The number of nitrogens with zero attached hydrogens (tertiary/aromatic N) is 6. The van der Waals surface area contributed by atoms with E-state index in [9.17, 15) is 4.79 Å². The largest absolute Gasteiger partial charge is 0.496 e. The van der Waals surface area contributed by atoms with E-state index in [-0.39, 0.29) is 5.91 Å². The maximum absolute atomic E-state index is 13.3. The number of anilines is 2. The molecule has 0 aliphatic heterocycles. The van der Waals surface area contributed by atoms with Gasteiger partial charge in [-0.1, -0.05) is 31.2 Å². The molecule has 0 radical (unpaired) electrons. The Bertz CT molecular complexity index is 1500. The van der Waals surface area contributed by atoms with Gasteiger partial charge in [0.1, 0.15) is 23.6 Å². The van der Waals surface area contributed by atoms with Gasteiger partial charge in [-0.2, -0.15) is 5.10 Å². The van der Waals surface area contributed by atoms with E-state index >= 15 is 0 Å². The number of nitrogen functional groups attached to an aromatic ring is 1. The van der Waals surface area contributed by atoms with E-state index in [1.165, 1.54) is 6.33 Å². The number of nitrogens with two attached hydrogens (primary N) is 1. The number of fused-ring (bicyclic) bond motifs is 1. The first-order valence-corrected chi connectivity index (χ1v) is 13.3. The Balaban J connectivity index is 1.77. The number of rotatable bonds is 12. The Morgan fingerprint density at radius 2 is 1.95 bits per heavy atom. The Hall–Kier alpha value is -4.28. The van der Waals surface area contributed by atoms with Gasteiger partial charge < -0.3 is 25.0 Å². The molecule has 0 unspecified atom stereocenters. The summed E-state index contributed by atoms with van der Waals surface area (Å²) in [6.45, 7) is 6.20. The van der Waals surface area contributed by atoms with Gasteiger partial charge >= 0.3 is 0 Å². The third kappa shape index (κ3) is 6.47. The number of methoxy groups -OCH3 is 1. The van der Waals surface area contributed by atoms with Crippen molar-refractivity contribution < 1.29 is 14.3 Å². The fourth-order valence-electron chi connectivity index (χ4n) is 4.34. The first-order chi connectivity index (χ1) is 19.3. The highest BCUT2D eigenvalue weighted by Crippen LogP contribution is 2.34. The van der Waals surface area contributed by atoms with Crippen LogP contribution < -0.4 is 15.4 Å². The summed E-state index contributed by atoms with van der Waals surface area (Å²) in [6.07, 6.45) is 5.80. The lowest BCUT2D eigenvalue weighted by molar-refractivity contribution is -0.114. The molecule has 0 fully saturated rings. The number of hydrogen-bond acceptors (Lipinski definition) is 8. The number of carbonyl (C=O) groups excluding carboxylic acids is 1. The monoisotopic (exact) mass is 543 g/mol. The van der Waals surface area contributed by atoms with Crippen LogP contribution in [0, 0.1) is 6.92 Å². The summed E-state index contributed by atoms with van der Waals surface area (Å²) >= 11 is 0. The van der Waals surface area contributed by atoms with E-state index in [0.29, 0.717) is 48.8 Å². The molecular formula is C30H37N7O3. The molecule has 210 valence electrons. The Labute approximate surface area is 235 Å². The second-order valence-corrected chi connectivity index (χ2v) is 9.69. The van der Waals surface area contributed by atoms with Crippen molar-refractivity contribution in [3.05, 3.63) is 66.5 Å². The van der Waals surface area contributed by atoms with Crippen LogP contribution in [0.1, 0.15) is 18.9 Å². The standard InChI is InChI=1S/C30H37N7O3/c1-6-16-40-17-15-36(26(38)11-8-14-35(3)4)23-9-7-10-24(19-23)37-30-27(29(31)32-20-33-30)28(34-37)22-13-12-21(2)25(18-22)39-5/h7-13,18-20H,6,14-17H2,1-5H3,(H2,31,32,33)/b11-8+. The van der Waals surface area contributed by atoms with Gasteiger partial charge in [0.25, 0.3) is 5.91 Å². The SMILES string of the molecule is CCCOCCN(C(=O)/C=C/CN(C)C)c1cccc(-n2nc(-c3ccc(C)c(OC)c3)c3c(N)ncnc32)c1. The summed E-state index contributed by atoms with van der Waals surface area (Å²) in [6, 6.07) is 13.5. The van der Waals surface area contributed by atoms with Gasteiger partial charge in [-0.25, -0.2) is 14.6 Å². The molecular weight excluding hydrogens is 506 g/mol. The maximum atomic E-state index is 13.3. The summed E-state index contributed by atoms with van der Waals surface area (Å²) in [5.74, 6) is 0.959. The van der Waals surface area contributed by atoms with Gasteiger partial charge in [0, 0.05) is 37.0 Å². The van der Waals surface area contributed by atoms with Crippen molar-refractivity contribution in [3.8, 4) is 22.7 Å². The van der Waals surface area contributed by atoms with Crippen molar-refractivity contribution in [1.82, 2.24) is 24.6 Å². The molecule has 0 saturated carbocycles. The number of ether oxygens (including phenoxy) is 2. The van der Waals surface area contributed by atoms with Gasteiger partial charge in [-0.15, -0.1) is 0 Å². The highest BCUT2D eigenvalue weighted by molar-refractivity contribution is 6.02. The van der Waals surface area contributed by atoms with E-state index in [1.807, 2.05) is 74.5 Å². The average Bonchev–Trinajstić information content (AvgIpc) is 3.34. The molecule has 1 amide bonds. The van der Waals surface area contributed by atoms with E-state index in [4.69, 9.17) is 20.3 Å². The van der Waals surface area contributed by atoms with Crippen molar-refractivity contribution in [2.75, 3.05) is 58.1 Å². The van der Waals surface area contributed by atoms with Crippen LogP contribution in [0.2, 0.25) is 0 Å². The van der Waals surface area contributed by atoms with Crippen LogP contribution in [0.25, 0.3) is 28.0 Å². The molecule has 2 aromatic carbocycles. The van der Waals surface area contributed by atoms with E-state index < -0.39 is 0 Å². The lowest BCUT2D eigenvalue weighted by Crippen LogP contribution is -2.33. The highest BCUT2D eigenvalue weighted by Gasteiger charge is 2.20. The fourth-order valence-corrected chi connectivity index (χ4v) is 4.34. The number of benzene rings is 2. The number of carbonyl (C=O) groups is 1. The Morgan fingerprint density at radius 3 is 2.70 bits per heavy atom. The molecule has 4 rings (SSSR count). The lowest BCUT2D eigenvalue weighted by atomic mass is 10.1. The highest BCUT2D eigenvalue weighted by atomic mass is 16.5. The molecule has 0 spiro atoms.